The van der Waals surface area contributed by atoms with Crippen LogP contribution in [-0.2, 0) is 6.54 Å². The maximum absolute atomic E-state index is 13.7. The van der Waals surface area contributed by atoms with Crippen LogP contribution in [-0.4, -0.2) is 9.49 Å². The van der Waals surface area contributed by atoms with Crippen molar-refractivity contribution in [2.24, 2.45) is 0 Å². The van der Waals surface area contributed by atoms with Gasteiger partial charge in [0.05, 0.1) is 17.7 Å². The highest BCUT2D eigenvalue weighted by Gasteiger charge is 2.13. The van der Waals surface area contributed by atoms with Gasteiger partial charge in [0.15, 0.2) is 0 Å². The lowest BCUT2D eigenvalue weighted by Gasteiger charge is -2.08. The fourth-order valence-corrected chi connectivity index (χ4v) is 1.98. The number of aryl methyl sites for hydroxylation is 1. The topological polar surface area (TPSA) is 65.1 Å². The number of benzene rings is 1. The van der Waals surface area contributed by atoms with Gasteiger partial charge in [-0.15, -0.1) is 0 Å². The van der Waals surface area contributed by atoms with E-state index in [2.05, 4.69) is 0 Å². The molecule has 1 aromatic heterocycles. The SMILES string of the molecule is Cc1cc([N+](=O)[O-])cn(Cc2ccc(Cl)cc2F)c1=O. The van der Waals surface area contributed by atoms with Gasteiger partial charge in [0.25, 0.3) is 11.2 Å². The van der Waals surface area contributed by atoms with Crippen molar-refractivity contribution in [2.75, 3.05) is 0 Å². The Morgan fingerprint density at radius 2 is 2.10 bits per heavy atom. The lowest BCUT2D eigenvalue weighted by Crippen LogP contribution is -2.23. The van der Waals surface area contributed by atoms with E-state index in [4.69, 9.17) is 11.6 Å². The van der Waals surface area contributed by atoms with E-state index in [0.29, 0.717) is 0 Å². The highest BCUT2D eigenvalue weighted by Crippen LogP contribution is 2.16. The fourth-order valence-electron chi connectivity index (χ4n) is 1.82. The molecular weight excluding hydrogens is 287 g/mol. The molecule has 0 bridgehead atoms. The van der Waals surface area contributed by atoms with Gasteiger partial charge in [-0.05, 0) is 19.1 Å². The Balaban J connectivity index is 2.47. The van der Waals surface area contributed by atoms with Crippen LogP contribution in [0, 0.1) is 22.9 Å². The van der Waals surface area contributed by atoms with E-state index in [-0.39, 0.29) is 28.4 Å². The van der Waals surface area contributed by atoms with E-state index in [1.807, 2.05) is 0 Å². The summed E-state index contributed by atoms with van der Waals surface area (Å²) >= 11 is 5.65. The molecule has 1 heterocycles. The summed E-state index contributed by atoms with van der Waals surface area (Å²) in [5, 5.41) is 11.0. The van der Waals surface area contributed by atoms with E-state index in [0.717, 1.165) is 16.8 Å². The number of nitrogens with zero attached hydrogens (tertiary/aromatic N) is 2. The molecule has 0 radical (unpaired) electrons. The predicted octanol–water partition coefficient (Wildman–Crippen LogP) is 2.91. The standard InChI is InChI=1S/C13H10ClFN2O3/c1-8-4-11(17(19)20)7-16(13(8)18)6-9-2-3-10(14)5-12(9)15/h2-5,7H,6H2,1H3. The minimum atomic E-state index is -0.596. The minimum absolute atomic E-state index is 0.0929. The van der Waals surface area contributed by atoms with Crippen LogP contribution in [0.5, 0.6) is 0 Å². The predicted molar refractivity (Wildman–Crippen MR) is 72.6 cm³/mol. The van der Waals surface area contributed by atoms with Crippen LogP contribution in [0.25, 0.3) is 0 Å². The summed E-state index contributed by atoms with van der Waals surface area (Å²) in [4.78, 5) is 22.1. The van der Waals surface area contributed by atoms with Crippen molar-refractivity contribution in [2.45, 2.75) is 13.5 Å². The Hall–Kier alpha value is -2.21. The third kappa shape index (κ3) is 2.85. The monoisotopic (exact) mass is 296 g/mol. The molecule has 0 atom stereocenters. The largest absolute Gasteiger partial charge is 0.304 e. The maximum atomic E-state index is 13.7. The fraction of sp³-hybridized carbons (Fsp3) is 0.154. The van der Waals surface area contributed by atoms with Gasteiger partial charge in [-0.3, -0.25) is 14.9 Å². The highest BCUT2D eigenvalue weighted by molar-refractivity contribution is 6.30. The molecule has 0 unspecified atom stereocenters. The molecule has 7 heteroatoms. The van der Waals surface area contributed by atoms with Crippen LogP contribution in [0.3, 0.4) is 0 Å². The third-order valence-electron chi connectivity index (χ3n) is 2.82. The van der Waals surface area contributed by atoms with Crippen molar-refractivity contribution in [1.29, 1.82) is 0 Å². The Labute approximate surface area is 118 Å². The Morgan fingerprint density at radius 1 is 1.40 bits per heavy atom. The van der Waals surface area contributed by atoms with Crippen molar-refractivity contribution in [3.8, 4) is 0 Å². The second-order valence-corrected chi connectivity index (χ2v) is 4.74. The first-order valence-electron chi connectivity index (χ1n) is 5.68. The van der Waals surface area contributed by atoms with Crippen LogP contribution >= 0.6 is 11.6 Å². The molecule has 2 aromatic rings. The molecule has 0 N–H and O–H groups in total. The average Bonchev–Trinajstić information content (AvgIpc) is 2.37. The second-order valence-electron chi connectivity index (χ2n) is 4.31. The van der Waals surface area contributed by atoms with E-state index in [1.165, 1.54) is 25.1 Å². The Kier molecular flexibility index (Phi) is 3.85. The summed E-state index contributed by atoms with van der Waals surface area (Å²) in [6, 6.07) is 5.26. The molecule has 0 aliphatic carbocycles. The molecule has 104 valence electrons. The number of rotatable bonds is 3. The van der Waals surface area contributed by atoms with Crippen molar-refractivity contribution >= 4 is 17.3 Å². The number of pyridine rings is 1. The van der Waals surface area contributed by atoms with Crippen LogP contribution in [0.2, 0.25) is 5.02 Å². The van der Waals surface area contributed by atoms with Crippen LogP contribution in [0.1, 0.15) is 11.1 Å². The molecule has 0 fully saturated rings. The maximum Gasteiger partial charge on any atom is 0.286 e. The Bertz CT molecular complexity index is 743. The van der Waals surface area contributed by atoms with Crippen molar-refractivity contribution in [3.63, 3.8) is 0 Å². The van der Waals surface area contributed by atoms with Gasteiger partial charge >= 0.3 is 0 Å². The number of aromatic nitrogens is 1. The molecule has 0 amide bonds. The average molecular weight is 297 g/mol. The van der Waals surface area contributed by atoms with E-state index < -0.39 is 16.3 Å². The van der Waals surface area contributed by atoms with Crippen molar-refractivity contribution < 1.29 is 9.31 Å². The van der Waals surface area contributed by atoms with Gasteiger partial charge in [0.1, 0.15) is 5.82 Å². The van der Waals surface area contributed by atoms with E-state index >= 15 is 0 Å². The van der Waals surface area contributed by atoms with Crippen LogP contribution in [0.4, 0.5) is 10.1 Å². The first-order valence-corrected chi connectivity index (χ1v) is 6.05. The molecule has 0 spiro atoms. The zero-order valence-corrected chi connectivity index (χ0v) is 11.2. The van der Waals surface area contributed by atoms with E-state index in [1.54, 1.807) is 0 Å². The summed E-state index contributed by atoms with van der Waals surface area (Å²) in [5.41, 5.74) is -0.147. The normalized spacial score (nSPS) is 10.6. The first kappa shape index (κ1) is 14.2. The number of hydrogen-bond acceptors (Lipinski definition) is 3. The number of hydrogen-bond donors (Lipinski definition) is 0. The zero-order chi connectivity index (χ0) is 14.9. The molecule has 0 aliphatic heterocycles. The number of nitro groups is 1. The minimum Gasteiger partial charge on any atom is -0.304 e. The third-order valence-corrected chi connectivity index (χ3v) is 3.05. The summed E-state index contributed by atoms with van der Waals surface area (Å²) in [6.45, 7) is 1.38. The van der Waals surface area contributed by atoms with Gasteiger partial charge in [-0.1, -0.05) is 17.7 Å². The van der Waals surface area contributed by atoms with Gasteiger partial charge in [-0.25, -0.2) is 4.39 Å². The Morgan fingerprint density at radius 3 is 2.70 bits per heavy atom. The second kappa shape index (κ2) is 5.42. The van der Waals surface area contributed by atoms with Crippen LogP contribution in [0.15, 0.2) is 35.3 Å². The zero-order valence-electron chi connectivity index (χ0n) is 10.5. The molecule has 2 rings (SSSR count). The molecule has 20 heavy (non-hydrogen) atoms. The molecule has 0 aliphatic rings. The number of halogens is 2. The van der Waals surface area contributed by atoms with Gasteiger partial charge < -0.3 is 4.57 Å². The summed E-state index contributed by atoms with van der Waals surface area (Å²) in [6.07, 6.45) is 1.10. The summed E-state index contributed by atoms with van der Waals surface area (Å²) in [7, 11) is 0. The van der Waals surface area contributed by atoms with Crippen molar-refractivity contribution in [3.05, 3.63) is 72.9 Å². The lowest BCUT2D eigenvalue weighted by atomic mass is 10.2. The first-order chi connectivity index (χ1) is 9.38. The summed E-state index contributed by atoms with van der Waals surface area (Å²) < 4.78 is 14.8. The highest BCUT2D eigenvalue weighted by atomic mass is 35.5. The molecular formula is C13H10ClFN2O3. The van der Waals surface area contributed by atoms with Gasteiger partial charge in [0.2, 0.25) is 0 Å². The van der Waals surface area contributed by atoms with Crippen molar-refractivity contribution in [1.82, 2.24) is 4.57 Å². The van der Waals surface area contributed by atoms with Gasteiger partial charge in [-0.2, -0.15) is 0 Å². The molecule has 1 aromatic carbocycles. The smallest absolute Gasteiger partial charge is 0.286 e. The summed E-state index contributed by atoms with van der Waals surface area (Å²) in [5.74, 6) is -0.562. The molecule has 5 nitrogen and oxygen atoms in total. The van der Waals surface area contributed by atoms with Crippen LogP contribution < -0.4 is 5.56 Å². The molecule has 0 saturated carbocycles. The quantitative estimate of drug-likeness (QED) is 0.646. The van der Waals surface area contributed by atoms with Gasteiger partial charge in [0, 0.05) is 22.2 Å². The lowest BCUT2D eigenvalue weighted by molar-refractivity contribution is -0.385. The molecule has 0 saturated heterocycles. The van der Waals surface area contributed by atoms with E-state index in [9.17, 15) is 19.3 Å².